The van der Waals surface area contributed by atoms with Gasteiger partial charge in [0.1, 0.15) is 0 Å². The van der Waals surface area contributed by atoms with E-state index in [0.29, 0.717) is 12.0 Å². The third-order valence-electron chi connectivity index (χ3n) is 2.54. The summed E-state index contributed by atoms with van der Waals surface area (Å²) in [5.41, 5.74) is 1.74. The molecule has 5 heteroatoms. The molecule has 5 nitrogen and oxygen atoms in total. The van der Waals surface area contributed by atoms with Crippen LogP contribution in [0.15, 0.2) is 0 Å². The molecule has 1 aromatic rings. The van der Waals surface area contributed by atoms with Crippen LogP contribution in [-0.2, 0) is 0 Å². The van der Waals surface area contributed by atoms with Gasteiger partial charge in [-0.15, -0.1) is 5.10 Å². The number of hydrogen-bond acceptors (Lipinski definition) is 5. The summed E-state index contributed by atoms with van der Waals surface area (Å²) in [6.45, 7) is 3.79. The van der Waals surface area contributed by atoms with Crippen LogP contribution in [0.5, 0.6) is 0 Å². The van der Waals surface area contributed by atoms with Gasteiger partial charge in [0.2, 0.25) is 5.95 Å². The molecule has 1 aliphatic carbocycles. The molecule has 2 rings (SSSR count). The van der Waals surface area contributed by atoms with Gasteiger partial charge in [0.05, 0.1) is 17.5 Å². The Balaban J connectivity index is 2.00. The van der Waals surface area contributed by atoms with Gasteiger partial charge in [0.25, 0.3) is 0 Å². The molecule has 14 heavy (non-hydrogen) atoms. The molecule has 0 bridgehead atoms. The summed E-state index contributed by atoms with van der Waals surface area (Å²) in [5, 5.41) is 20.1. The van der Waals surface area contributed by atoms with E-state index in [2.05, 4.69) is 20.5 Å². The monoisotopic (exact) mass is 194 g/mol. The van der Waals surface area contributed by atoms with Crippen molar-refractivity contribution in [3.63, 3.8) is 0 Å². The number of aromatic nitrogens is 3. The maximum absolute atomic E-state index is 9.10. The first-order chi connectivity index (χ1) is 6.65. The maximum Gasteiger partial charge on any atom is 0.243 e. The third kappa shape index (κ3) is 1.82. The molecule has 76 valence electrons. The van der Waals surface area contributed by atoms with E-state index in [4.69, 9.17) is 5.11 Å². The summed E-state index contributed by atoms with van der Waals surface area (Å²) in [7, 11) is 0. The van der Waals surface area contributed by atoms with Gasteiger partial charge in [-0.3, -0.25) is 0 Å². The Hall–Kier alpha value is -1.23. The van der Waals surface area contributed by atoms with Gasteiger partial charge in [0.15, 0.2) is 0 Å². The van der Waals surface area contributed by atoms with Gasteiger partial charge in [-0.1, -0.05) is 0 Å². The maximum atomic E-state index is 9.10. The molecule has 1 saturated carbocycles. The van der Waals surface area contributed by atoms with Crippen molar-refractivity contribution in [2.24, 2.45) is 0 Å². The quantitative estimate of drug-likeness (QED) is 0.714. The van der Waals surface area contributed by atoms with Crippen LogP contribution in [-0.4, -0.2) is 32.4 Å². The Kier molecular flexibility index (Phi) is 2.33. The highest BCUT2D eigenvalue weighted by Gasteiger charge is 2.27. The number of aliphatic hydroxyl groups excluding tert-OH is 1. The molecular formula is C9H14N4O. The minimum atomic E-state index is -0.160. The summed E-state index contributed by atoms with van der Waals surface area (Å²) >= 11 is 0. The van der Waals surface area contributed by atoms with E-state index in [1.54, 1.807) is 0 Å². The summed E-state index contributed by atoms with van der Waals surface area (Å²) in [4.78, 5) is 4.25. The summed E-state index contributed by atoms with van der Waals surface area (Å²) in [6.07, 6.45) is 1.39. The second kappa shape index (κ2) is 3.49. The van der Waals surface area contributed by atoms with Crippen LogP contribution in [0, 0.1) is 13.8 Å². The average Bonchev–Trinajstić information content (AvgIpc) is 2.09. The van der Waals surface area contributed by atoms with Crippen LogP contribution in [0.1, 0.15) is 24.2 Å². The van der Waals surface area contributed by atoms with Crippen molar-refractivity contribution in [1.82, 2.24) is 15.2 Å². The predicted molar refractivity (Wildman–Crippen MR) is 52.0 cm³/mol. The number of aliphatic hydroxyl groups is 1. The fourth-order valence-electron chi connectivity index (χ4n) is 1.41. The minimum Gasteiger partial charge on any atom is -0.393 e. The summed E-state index contributed by atoms with van der Waals surface area (Å²) < 4.78 is 0. The van der Waals surface area contributed by atoms with Gasteiger partial charge in [-0.25, -0.2) is 4.98 Å². The Morgan fingerprint density at radius 3 is 2.50 bits per heavy atom. The Labute approximate surface area is 82.6 Å². The van der Waals surface area contributed by atoms with Crippen molar-refractivity contribution in [3.05, 3.63) is 11.4 Å². The molecular weight excluding hydrogens is 180 g/mol. The van der Waals surface area contributed by atoms with Crippen LogP contribution >= 0.6 is 0 Å². The predicted octanol–water partition coefficient (Wildman–Crippen LogP) is 0.424. The summed E-state index contributed by atoms with van der Waals surface area (Å²) in [6, 6.07) is 0.300. The molecule has 1 fully saturated rings. The molecule has 0 radical (unpaired) electrons. The van der Waals surface area contributed by atoms with Crippen LogP contribution in [0.25, 0.3) is 0 Å². The van der Waals surface area contributed by atoms with E-state index in [1.807, 2.05) is 13.8 Å². The van der Waals surface area contributed by atoms with Gasteiger partial charge in [-0.05, 0) is 26.7 Å². The first-order valence-corrected chi connectivity index (χ1v) is 4.77. The molecule has 0 unspecified atom stereocenters. The average molecular weight is 194 g/mol. The first kappa shape index (κ1) is 9.33. The molecule has 1 aliphatic rings. The second-order valence-electron chi connectivity index (χ2n) is 3.77. The topological polar surface area (TPSA) is 70.9 Å². The fourth-order valence-corrected chi connectivity index (χ4v) is 1.41. The summed E-state index contributed by atoms with van der Waals surface area (Å²) in [5.74, 6) is 0.560. The molecule has 0 spiro atoms. The van der Waals surface area contributed by atoms with Crippen LogP contribution in [0.3, 0.4) is 0 Å². The number of nitrogens with zero attached hydrogens (tertiary/aromatic N) is 3. The van der Waals surface area contributed by atoms with Gasteiger partial charge in [0, 0.05) is 6.04 Å². The molecule has 0 amide bonds. The molecule has 2 N–H and O–H groups in total. The van der Waals surface area contributed by atoms with Gasteiger partial charge < -0.3 is 10.4 Å². The molecule has 0 saturated heterocycles. The van der Waals surface area contributed by atoms with Gasteiger partial charge >= 0.3 is 0 Å². The van der Waals surface area contributed by atoms with E-state index in [1.165, 1.54) is 0 Å². The standard InChI is InChI=1S/C9H14N4O/c1-5-6(2)12-13-9(10-5)11-7-3-8(14)4-7/h7-8,14H,3-4H2,1-2H3,(H,10,11,13). The molecule has 0 aromatic carbocycles. The third-order valence-corrected chi connectivity index (χ3v) is 2.54. The largest absolute Gasteiger partial charge is 0.393 e. The lowest BCUT2D eigenvalue weighted by Gasteiger charge is -2.31. The van der Waals surface area contributed by atoms with Crippen molar-refractivity contribution in [1.29, 1.82) is 0 Å². The van der Waals surface area contributed by atoms with E-state index in [-0.39, 0.29) is 6.10 Å². The highest BCUT2D eigenvalue weighted by atomic mass is 16.3. The van der Waals surface area contributed by atoms with E-state index >= 15 is 0 Å². The lowest BCUT2D eigenvalue weighted by molar-refractivity contribution is 0.0833. The first-order valence-electron chi connectivity index (χ1n) is 4.77. The zero-order chi connectivity index (χ0) is 10.1. The van der Waals surface area contributed by atoms with Crippen molar-refractivity contribution in [3.8, 4) is 0 Å². The second-order valence-corrected chi connectivity index (χ2v) is 3.77. The Bertz CT molecular complexity index is 336. The van der Waals surface area contributed by atoms with E-state index in [0.717, 1.165) is 24.2 Å². The van der Waals surface area contributed by atoms with Crippen LogP contribution < -0.4 is 5.32 Å². The number of anilines is 1. The number of hydrogen-bond donors (Lipinski definition) is 2. The Morgan fingerprint density at radius 2 is 1.93 bits per heavy atom. The molecule has 0 aliphatic heterocycles. The van der Waals surface area contributed by atoms with Crippen LogP contribution in [0.4, 0.5) is 5.95 Å². The van der Waals surface area contributed by atoms with Crippen molar-refractivity contribution in [2.45, 2.75) is 38.8 Å². The van der Waals surface area contributed by atoms with E-state index in [9.17, 15) is 0 Å². The van der Waals surface area contributed by atoms with Crippen molar-refractivity contribution < 1.29 is 5.11 Å². The van der Waals surface area contributed by atoms with Crippen molar-refractivity contribution in [2.75, 3.05) is 5.32 Å². The normalized spacial score (nSPS) is 25.6. The van der Waals surface area contributed by atoms with Crippen LogP contribution in [0.2, 0.25) is 0 Å². The zero-order valence-corrected chi connectivity index (χ0v) is 8.36. The molecule has 0 atom stereocenters. The minimum absolute atomic E-state index is 0.160. The fraction of sp³-hybridized carbons (Fsp3) is 0.667. The van der Waals surface area contributed by atoms with Crippen molar-refractivity contribution >= 4 is 5.95 Å². The molecule has 1 heterocycles. The lowest BCUT2D eigenvalue weighted by Crippen LogP contribution is -2.39. The SMILES string of the molecule is Cc1nnc(NC2CC(O)C2)nc1C. The van der Waals surface area contributed by atoms with E-state index < -0.39 is 0 Å². The zero-order valence-electron chi connectivity index (χ0n) is 8.36. The highest BCUT2D eigenvalue weighted by molar-refractivity contribution is 5.27. The number of nitrogens with one attached hydrogen (secondary N) is 1. The molecule has 1 aromatic heterocycles. The lowest BCUT2D eigenvalue weighted by atomic mass is 9.90. The smallest absolute Gasteiger partial charge is 0.243 e. The highest BCUT2D eigenvalue weighted by Crippen LogP contribution is 2.22. The Morgan fingerprint density at radius 1 is 1.21 bits per heavy atom. The number of aryl methyl sites for hydroxylation is 2. The van der Waals surface area contributed by atoms with Gasteiger partial charge in [-0.2, -0.15) is 5.10 Å². The number of rotatable bonds is 2.